The lowest BCUT2D eigenvalue weighted by atomic mass is 10.2. The lowest BCUT2D eigenvalue weighted by molar-refractivity contribution is 1.07. The third kappa shape index (κ3) is 1.64. The summed E-state index contributed by atoms with van der Waals surface area (Å²) in [5, 5.41) is 0. The Labute approximate surface area is 83.7 Å². The molecule has 2 aromatic rings. The molecule has 0 atom stereocenters. The second kappa shape index (κ2) is 3.58. The van der Waals surface area contributed by atoms with Crippen LogP contribution in [0.25, 0.3) is 11.4 Å². The van der Waals surface area contributed by atoms with Crippen LogP contribution in [0, 0.1) is 13.8 Å². The summed E-state index contributed by atoms with van der Waals surface area (Å²) in [6.45, 7) is 4.02. The van der Waals surface area contributed by atoms with Gasteiger partial charge >= 0.3 is 0 Å². The first-order valence-corrected chi connectivity index (χ1v) is 4.63. The molecule has 0 spiro atoms. The van der Waals surface area contributed by atoms with Crippen molar-refractivity contribution in [3.05, 3.63) is 47.8 Å². The molecule has 0 fully saturated rings. The van der Waals surface area contributed by atoms with Gasteiger partial charge in [-0.25, -0.2) is 9.97 Å². The molecule has 1 heterocycles. The number of benzene rings is 1. The molecule has 0 saturated heterocycles. The molecule has 0 bridgehead atoms. The fourth-order valence-electron chi connectivity index (χ4n) is 1.25. The van der Waals surface area contributed by atoms with Crippen molar-refractivity contribution in [2.45, 2.75) is 13.8 Å². The Morgan fingerprint density at radius 2 is 1.71 bits per heavy atom. The van der Waals surface area contributed by atoms with Gasteiger partial charge < -0.3 is 0 Å². The molecule has 2 nitrogen and oxygen atoms in total. The molecule has 14 heavy (non-hydrogen) atoms. The molecule has 0 N–H and O–H groups in total. The van der Waals surface area contributed by atoms with Gasteiger partial charge in [-0.15, -0.1) is 0 Å². The molecule has 1 aromatic carbocycles. The molecule has 0 radical (unpaired) electrons. The Hall–Kier alpha value is -1.70. The van der Waals surface area contributed by atoms with Gasteiger partial charge in [0.15, 0.2) is 5.82 Å². The number of nitrogens with zero attached hydrogens (tertiary/aromatic N) is 2. The van der Waals surface area contributed by atoms with Gasteiger partial charge in [-0.05, 0) is 19.4 Å². The summed E-state index contributed by atoms with van der Waals surface area (Å²) in [7, 11) is 0. The highest BCUT2D eigenvalue weighted by atomic mass is 14.9. The number of hydrogen-bond donors (Lipinski definition) is 0. The minimum Gasteiger partial charge on any atom is -0.236 e. The molecule has 1 aromatic heterocycles. The first-order chi connectivity index (χ1) is 6.77. The number of aryl methyl sites for hydroxylation is 2. The van der Waals surface area contributed by atoms with Crippen molar-refractivity contribution < 1.29 is 0 Å². The molecular formula is C12H12N2. The van der Waals surface area contributed by atoms with Crippen molar-refractivity contribution in [3.8, 4) is 11.4 Å². The van der Waals surface area contributed by atoms with Gasteiger partial charge in [0.25, 0.3) is 0 Å². The summed E-state index contributed by atoms with van der Waals surface area (Å²) in [5.41, 5.74) is 3.24. The second-order valence-corrected chi connectivity index (χ2v) is 3.33. The maximum atomic E-state index is 4.43. The van der Waals surface area contributed by atoms with Crippen LogP contribution in [-0.4, -0.2) is 9.97 Å². The van der Waals surface area contributed by atoms with Crippen molar-refractivity contribution in [2.24, 2.45) is 0 Å². The number of rotatable bonds is 1. The van der Waals surface area contributed by atoms with Crippen LogP contribution in [0.3, 0.4) is 0 Å². The molecule has 0 saturated carbocycles. The highest BCUT2D eigenvalue weighted by Crippen LogP contribution is 2.14. The maximum Gasteiger partial charge on any atom is 0.159 e. The van der Waals surface area contributed by atoms with Gasteiger partial charge in [-0.1, -0.05) is 30.3 Å². The van der Waals surface area contributed by atoms with Crippen molar-refractivity contribution in [1.29, 1.82) is 0 Å². The second-order valence-electron chi connectivity index (χ2n) is 3.33. The molecule has 0 aliphatic heterocycles. The third-order valence-electron chi connectivity index (χ3n) is 2.26. The summed E-state index contributed by atoms with van der Waals surface area (Å²) in [5.74, 6) is 0.800. The van der Waals surface area contributed by atoms with Crippen molar-refractivity contribution >= 4 is 0 Å². The van der Waals surface area contributed by atoms with Gasteiger partial charge in [0.1, 0.15) is 0 Å². The van der Waals surface area contributed by atoms with Gasteiger partial charge in [0, 0.05) is 17.5 Å². The summed E-state index contributed by atoms with van der Waals surface area (Å²) in [6.07, 6.45) is 1.87. The standard InChI is InChI=1S/C12H12N2/c1-9-8-13-12(14-10(9)2)11-6-4-3-5-7-11/h3-8H,1-2H3. The molecule has 0 aliphatic carbocycles. The molecule has 2 heteroatoms. The van der Waals surface area contributed by atoms with Crippen LogP contribution in [-0.2, 0) is 0 Å². The Kier molecular flexibility index (Phi) is 2.27. The molecule has 70 valence electrons. The number of aromatic nitrogens is 2. The van der Waals surface area contributed by atoms with Crippen molar-refractivity contribution in [3.63, 3.8) is 0 Å². The molecular weight excluding hydrogens is 172 g/mol. The first kappa shape index (κ1) is 8.88. The van der Waals surface area contributed by atoms with E-state index in [1.807, 2.05) is 50.4 Å². The zero-order valence-corrected chi connectivity index (χ0v) is 8.36. The zero-order valence-electron chi connectivity index (χ0n) is 8.36. The van der Waals surface area contributed by atoms with E-state index in [1.54, 1.807) is 0 Å². The Morgan fingerprint density at radius 1 is 1.00 bits per heavy atom. The highest BCUT2D eigenvalue weighted by Gasteiger charge is 2.01. The number of hydrogen-bond acceptors (Lipinski definition) is 2. The van der Waals surface area contributed by atoms with Crippen LogP contribution >= 0.6 is 0 Å². The molecule has 0 amide bonds. The minimum atomic E-state index is 0.800. The maximum absolute atomic E-state index is 4.43. The molecule has 2 rings (SSSR count). The topological polar surface area (TPSA) is 25.8 Å². The van der Waals surface area contributed by atoms with Gasteiger partial charge in [-0.3, -0.25) is 0 Å². The van der Waals surface area contributed by atoms with Crippen LogP contribution in [0.5, 0.6) is 0 Å². The predicted molar refractivity (Wildman–Crippen MR) is 56.9 cm³/mol. The zero-order chi connectivity index (χ0) is 9.97. The summed E-state index contributed by atoms with van der Waals surface area (Å²) >= 11 is 0. The van der Waals surface area contributed by atoms with E-state index < -0.39 is 0 Å². The Bertz CT molecular complexity index is 435. The van der Waals surface area contributed by atoms with Crippen LogP contribution in [0.1, 0.15) is 11.3 Å². The SMILES string of the molecule is Cc1cnc(-c2ccccc2)nc1C. The highest BCUT2D eigenvalue weighted by molar-refractivity contribution is 5.54. The van der Waals surface area contributed by atoms with Gasteiger partial charge in [-0.2, -0.15) is 0 Å². The van der Waals surface area contributed by atoms with Crippen molar-refractivity contribution in [2.75, 3.05) is 0 Å². The van der Waals surface area contributed by atoms with E-state index in [0.717, 1.165) is 22.6 Å². The average molecular weight is 184 g/mol. The average Bonchev–Trinajstić information content (AvgIpc) is 2.23. The smallest absolute Gasteiger partial charge is 0.159 e. The first-order valence-electron chi connectivity index (χ1n) is 4.63. The largest absolute Gasteiger partial charge is 0.236 e. The minimum absolute atomic E-state index is 0.800. The predicted octanol–water partition coefficient (Wildman–Crippen LogP) is 2.76. The Balaban J connectivity index is 2.48. The van der Waals surface area contributed by atoms with Crippen molar-refractivity contribution in [1.82, 2.24) is 9.97 Å². The normalized spacial score (nSPS) is 10.1. The fourth-order valence-corrected chi connectivity index (χ4v) is 1.25. The molecule has 0 unspecified atom stereocenters. The van der Waals surface area contributed by atoms with Crippen LogP contribution < -0.4 is 0 Å². The quantitative estimate of drug-likeness (QED) is 0.681. The lowest BCUT2D eigenvalue weighted by Crippen LogP contribution is -1.93. The van der Waals surface area contributed by atoms with E-state index in [-0.39, 0.29) is 0 Å². The van der Waals surface area contributed by atoms with E-state index in [0.29, 0.717) is 0 Å². The summed E-state index contributed by atoms with van der Waals surface area (Å²) in [4.78, 5) is 8.73. The fraction of sp³-hybridized carbons (Fsp3) is 0.167. The summed E-state index contributed by atoms with van der Waals surface area (Å²) in [6, 6.07) is 10.0. The van der Waals surface area contributed by atoms with E-state index in [2.05, 4.69) is 9.97 Å². The monoisotopic (exact) mass is 184 g/mol. The van der Waals surface area contributed by atoms with E-state index in [9.17, 15) is 0 Å². The van der Waals surface area contributed by atoms with Crippen LogP contribution in [0.15, 0.2) is 36.5 Å². The van der Waals surface area contributed by atoms with E-state index in [4.69, 9.17) is 0 Å². The molecule has 0 aliphatic rings. The van der Waals surface area contributed by atoms with Crippen LogP contribution in [0.4, 0.5) is 0 Å². The van der Waals surface area contributed by atoms with Gasteiger partial charge in [0.05, 0.1) is 0 Å². The lowest BCUT2D eigenvalue weighted by Gasteiger charge is -2.02. The Morgan fingerprint density at radius 3 is 2.36 bits per heavy atom. The van der Waals surface area contributed by atoms with E-state index in [1.165, 1.54) is 0 Å². The third-order valence-corrected chi connectivity index (χ3v) is 2.26. The van der Waals surface area contributed by atoms with Crippen LogP contribution in [0.2, 0.25) is 0 Å². The van der Waals surface area contributed by atoms with Gasteiger partial charge in [0.2, 0.25) is 0 Å². The van der Waals surface area contributed by atoms with E-state index >= 15 is 0 Å². The summed E-state index contributed by atoms with van der Waals surface area (Å²) < 4.78 is 0.